The van der Waals surface area contributed by atoms with Gasteiger partial charge in [0.15, 0.2) is 5.16 Å². The number of hydrogen-bond donors (Lipinski definition) is 2. The van der Waals surface area contributed by atoms with Crippen LogP contribution in [0.25, 0.3) is 16.6 Å². The Morgan fingerprint density at radius 2 is 1.88 bits per heavy atom. The molecule has 1 amide bonds. The highest BCUT2D eigenvalue weighted by molar-refractivity contribution is 7.99. The van der Waals surface area contributed by atoms with Crippen molar-refractivity contribution in [3.8, 4) is 17.2 Å². The highest BCUT2D eigenvalue weighted by Gasteiger charge is 2.15. The van der Waals surface area contributed by atoms with Gasteiger partial charge in [0, 0.05) is 5.56 Å². The first-order valence-electron chi connectivity index (χ1n) is 10.4. The largest absolute Gasteiger partial charge is 0.508 e. The molecule has 0 saturated heterocycles. The smallest absolute Gasteiger partial charge is 0.266 e. The molecule has 0 atom stereocenters. The lowest BCUT2D eigenvalue weighted by Crippen LogP contribution is -2.24. The molecule has 4 aromatic rings. The van der Waals surface area contributed by atoms with Crippen LogP contribution in [0.3, 0.4) is 0 Å². The average molecular weight is 475 g/mol. The summed E-state index contributed by atoms with van der Waals surface area (Å²) in [5.74, 6) is 0.428. The number of carbonyl (C=O) groups is 1. The topological polar surface area (TPSA) is 106 Å². The van der Waals surface area contributed by atoms with Crippen LogP contribution in [0.5, 0.6) is 11.5 Å². The normalized spacial score (nSPS) is 11.4. The Bertz CT molecular complexity index is 1430. The number of aromatic hydroxyl groups is 1. The number of hydrogen-bond acceptors (Lipinski definition) is 7. The standard InChI is InChI=1S/C25H22N4O4S/c1-16(17-6-5-7-19(30)14-17)27-28-23(31)15-34-25-26-22-9-4-3-8-21(22)24(32)29(25)18-10-12-20(33-2)13-11-18/h3-14,30H,15H2,1-2H3,(H,28,31)/b27-16-. The molecule has 4 rings (SSSR count). The predicted octanol–water partition coefficient (Wildman–Crippen LogP) is 3.73. The lowest BCUT2D eigenvalue weighted by molar-refractivity contribution is -0.118. The molecular weight excluding hydrogens is 452 g/mol. The predicted molar refractivity (Wildman–Crippen MR) is 133 cm³/mol. The Hall–Kier alpha value is -4.11. The van der Waals surface area contributed by atoms with E-state index < -0.39 is 0 Å². The van der Waals surface area contributed by atoms with Crippen LogP contribution >= 0.6 is 11.8 Å². The second-order valence-corrected chi connectivity index (χ2v) is 8.26. The molecule has 34 heavy (non-hydrogen) atoms. The number of amides is 1. The van der Waals surface area contributed by atoms with Gasteiger partial charge in [-0.3, -0.25) is 14.2 Å². The minimum absolute atomic E-state index is 0.00223. The van der Waals surface area contributed by atoms with Crippen LogP contribution in [0, 0.1) is 0 Å². The molecule has 9 heteroatoms. The van der Waals surface area contributed by atoms with Crippen molar-refractivity contribution in [3.63, 3.8) is 0 Å². The van der Waals surface area contributed by atoms with Gasteiger partial charge in [0.1, 0.15) is 11.5 Å². The third-order valence-electron chi connectivity index (χ3n) is 5.02. The number of hydrazone groups is 1. The molecule has 0 bridgehead atoms. The van der Waals surface area contributed by atoms with Crippen LogP contribution in [0.1, 0.15) is 12.5 Å². The van der Waals surface area contributed by atoms with Crippen molar-refractivity contribution in [2.24, 2.45) is 5.10 Å². The summed E-state index contributed by atoms with van der Waals surface area (Å²) < 4.78 is 6.70. The first-order chi connectivity index (χ1) is 16.5. The number of para-hydroxylation sites is 1. The fourth-order valence-corrected chi connectivity index (χ4v) is 4.08. The van der Waals surface area contributed by atoms with Crippen molar-refractivity contribution in [2.75, 3.05) is 12.9 Å². The van der Waals surface area contributed by atoms with Crippen molar-refractivity contribution in [3.05, 3.63) is 88.7 Å². The Balaban J connectivity index is 1.59. The molecule has 0 aliphatic rings. The van der Waals surface area contributed by atoms with Gasteiger partial charge in [0.2, 0.25) is 0 Å². The van der Waals surface area contributed by atoms with Gasteiger partial charge in [-0.15, -0.1) is 0 Å². The minimum Gasteiger partial charge on any atom is -0.508 e. The van der Waals surface area contributed by atoms with Crippen molar-refractivity contribution in [1.29, 1.82) is 0 Å². The van der Waals surface area contributed by atoms with Crippen LogP contribution in [0.4, 0.5) is 0 Å². The van der Waals surface area contributed by atoms with E-state index in [0.717, 1.165) is 11.8 Å². The summed E-state index contributed by atoms with van der Waals surface area (Å²) >= 11 is 1.14. The van der Waals surface area contributed by atoms with Gasteiger partial charge in [-0.05, 0) is 55.5 Å². The molecule has 1 heterocycles. The maximum Gasteiger partial charge on any atom is 0.266 e. The Morgan fingerprint density at radius 3 is 2.62 bits per heavy atom. The molecule has 0 aliphatic carbocycles. The first kappa shape index (κ1) is 23.1. The quantitative estimate of drug-likeness (QED) is 0.183. The second kappa shape index (κ2) is 10.2. The van der Waals surface area contributed by atoms with E-state index >= 15 is 0 Å². The number of ether oxygens (including phenoxy) is 1. The first-order valence-corrected chi connectivity index (χ1v) is 11.4. The zero-order valence-electron chi connectivity index (χ0n) is 18.6. The number of methoxy groups -OCH3 is 1. The maximum atomic E-state index is 13.3. The zero-order chi connectivity index (χ0) is 24.1. The molecule has 1 aromatic heterocycles. The van der Waals surface area contributed by atoms with E-state index in [4.69, 9.17) is 4.74 Å². The summed E-state index contributed by atoms with van der Waals surface area (Å²) in [7, 11) is 1.57. The van der Waals surface area contributed by atoms with Crippen molar-refractivity contribution >= 4 is 34.3 Å². The molecule has 172 valence electrons. The fraction of sp³-hybridized carbons (Fsp3) is 0.120. The Labute approximate surface area is 199 Å². The summed E-state index contributed by atoms with van der Waals surface area (Å²) in [6.07, 6.45) is 0. The van der Waals surface area contributed by atoms with E-state index in [0.29, 0.717) is 38.8 Å². The van der Waals surface area contributed by atoms with E-state index in [2.05, 4.69) is 15.5 Å². The number of aromatic nitrogens is 2. The molecule has 0 fully saturated rings. The summed E-state index contributed by atoms with van der Waals surface area (Å²) in [6.45, 7) is 1.73. The summed E-state index contributed by atoms with van der Waals surface area (Å²) in [6, 6.07) is 20.8. The zero-order valence-corrected chi connectivity index (χ0v) is 19.4. The average Bonchev–Trinajstić information content (AvgIpc) is 2.86. The minimum atomic E-state index is -0.354. The molecule has 2 N–H and O–H groups in total. The number of thioether (sulfide) groups is 1. The highest BCUT2D eigenvalue weighted by atomic mass is 32.2. The lowest BCUT2D eigenvalue weighted by Gasteiger charge is -2.13. The molecule has 0 spiro atoms. The van der Waals surface area contributed by atoms with Gasteiger partial charge < -0.3 is 9.84 Å². The van der Waals surface area contributed by atoms with Crippen LogP contribution < -0.4 is 15.7 Å². The number of benzene rings is 3. The number of fused-ring (bicyclic) bond motifs is 1. The van der Waals surface area contributed by atoms with Gasteiger partial charge in [0.25, 0.3) is 11.5 Å². The molecule has 0 aliphatic heterocycles. The third-order valence-corrected chi connectivity index (χ3v) is 5.96. The summed E-state index contributed by atoms with van der Waals surface area (Å²) in [4.78, 5) is 30.4. The third kappa shape index (κ3) is 5.10. The van der Waals surface area contributed by atoms with Gasteiger partial charge in [-0.1, -0.05) is 36.0 Å². The van der Waals surface area contributed by atoms with Gasteiger partial charge >= 0.3 is 0 Å². The Kier molecular flexibility index (Phi) is 6.93. The van der Waals surface area contributed by atoms with Crippen LogP contribution in [-0.2, 0) is 4.79 Å². The van der Waals surface area contributed by atoms with Gasteiger partial charge in [-0.2, -0.15) is 5.10 Å². The van der Waals surface area contributed by atoms with Crippen LogP contribution in [-0.4, -0.2) is 39.1 Å². The second-order valence-electron chi connectivity index (χ2n) is 7.32. The summed E-state index contributed by atoms with van der Waals surface area (Å²) in [5, 5.41) is 14.6. The molecular formula is C25H22N4O4S. The molecule has 0 unspecified atom stereocenters. The number of nitrogens with zero attached hydrogens (tertiary/aromatic N) is 3. The SMILES string of the molecule is COc1ccc(-n2c(SCC(=O)N/N=C(/C)c3cccc(O)c3)nc3ccccc3c2=O)cc1. The van der Waals surface area contributed by atoms with E-state index in [1.807, 2.05) is 6.07 Å². The number of rotatable bonds is 7. The number of carbonyl (C=O) groups excluding carboxylic acids is 1. The van der Waals surface area contributed by atoms with Crippen LogP contribution in [0.2, 0.25) is 0 Å². The van der Waals surface area contributed by atoms with Crippen molar-refractivity contribution in [2.45, 2.75) is 12.1 Å². The van der Waals surface area contributed by atoms with E-state index in [1.54, 1.807) is 80.8 Å². The monoisotopic (exact) mass is 474 g/mol. The van der Waals surface area contributed by atoms with E-state index in [1.165, 1.54) is 4.57 Å². The van der Waals surface area contributed by atoms with Crippen molar-refractivity contribution in [1.82, 2.24) is 15.0 Å². The number of phenols is 1. The molecule has 0 radical (unpaired) electrons. The van der Waals surface area contributed by atoms with Crippen LogP contribution in [0.15, 0.2) is 87.8 Å². The molecule has 3 aromatic carbocycles. The van der Waals surface area contributed by atoms with Gasteiger partial charge in [-0.25, -0.2) is 10.4 Å². The molecule has 8 nitrogen and oxygen atoms in total. The maximum absolute atomic E-state index is 13.3. The van der Waals surface area contributed by atoms with Gasteiger partial charge in [0.05, 0.1) is 35.2 Å². The Morgan fingerprint density at radius 1 is 1.12 bits per heavy atom. The number of nitrogens with one attached hydrogen (secondary N) is 1. The lowest BCUT2D eigenvalue weighted by atomic mass is 10.1. The molecule has 0 saturated carbocycles. The highest BCUT2D eigenvalue weighted by Crippen LogP contribution is 2.22. The fourth-order valence-electron chi connectivity index (χ4n) is 3.27. The summed E-state index contributed by atoms with van der Waals surface area (Å²) in [5.41, 5.74) is 4.70. The number of phenolic OH excluding ortho intramolecular Hbond substituents is 1. The van der Waals surface area contributed by atoms with E-state index in [9.17, 15) is 14.7 Å². The van der Waals surface area contributed by atoms with Crippen molar-refractivity contribution < 1.29 is 14.6 Å². The van der Waals surface area contributed by atoms with E-state index in [-0.39, 0.29) is 23.0 Å².